The minimum atomic E-state index is -0.592. The average Bonchev–Trinajstić information content (AvgIpc) is 3.09. The number of nitrogens with zero attached hydrogens (tertiary/aromatic N) is 2. The molecule has 0 radical (unpaired) electrons. The van der Waals surface area contributed by atoms with Gasteiger partial charge in [-0.05, 0) is 24.8 Å². The van der Waals surface area contributed by atoms with Crippen molar-refractivity contribution >= 4 is 39.9 Å². The Morgan fingerprint density at radius 1 is 1.57 bits per heavy atom. The van der Waals surface area contributed by atoms with Crippen LogP contribution in [-0.2, 0) is 11.3 Å². The molecule has 4 N–H and O–H groups in total. The number of thiophene rings is 1. The highest BCUT2D eigenvalue weighted by atomic mass is 32.2. The molecule has 1 atom stereocenters. The zero-order chi connectivity index (χ0) is 17.0. The molecule has 1 unspecified atom stereocenters. The number of thioether (sulfide) groups is 1. The lowest BCUT2D eigenvalue weighted by molar-refractivity contribution is -0.115. The van der Waals surface area contributed by atoms with Gasteiger partial charge in [0.25, 0.3) is 5.91 Å². The Morgan fingerprint density at radius 3 is 2.96 bits per heavy atom. The Kier molecular flexibility index (Phi) is 5.61. The molecular weight excluding hydrogens is 338 g/mol. The SMILES string of the molecule is CCCn1c(SC(C)C(=O)Nc2sccc2C(N)=O)n[nH]c1=O. The largest absolute Gasteiger partial charge is 0.366 e. The van der Waals surface area contributed by atoms with E-state index in [0.29, 0.717) is 16.7 Å². The van der Waals surface area contributed by atoms with Crippen molar-refractivity contribution in [1.29, 1.82) is 0 Å². The monoisotopic (exact) mass is 355 g/mol. The zero-order valence-corrected chi connectivity index (χ0v) is 14.3. The molecule has 0 bridgehead atoms. The zero-order valence-electron chi connectivity index (χ0n) is 12.7. The number of rotatable bonds is 7. The van der Waals surface area contributed by atoms with Crippen molar-refractivity contribution in [2.24, 2.45) is 5.73 Å². The van der Waals surface area contributed by atoms with Crippen molar-refractivity contribution in [3.8, 4) is 0 Å². The molecule has 2 amide bonds. The van der Waals surface area contributed by atoms with E-state index >= 15 is 0 Å². The number of nitrogens with one attached hydrogen (secondary N) is 2. The summed E-state index contributed by atoms with van der Waals surface area (Å²) in [6, 6.07) is 1.56. The van der Waals surface area contributed by atoms with Gasteiger partial charge >= 0.3 is 5.69 Å². The van der Waals surface area contributed by atoms with Crippen molar-refractivity contribution in [3.63, 3.8) is 0 Å². The predicted octanol–water partition coefficient (Wildman–Crippen LogP) is 1.26. The topological polar surface area (TPSA) is 123 Å². The van der Waals surface area contributed by atoms with Gasteiger partial charge in [-0.25, -0.2) is 9.89 Å². The number of H-pyrrole nitrogens is 1. The first-order valence-electron chi connectivity index (χ1n) is 6.94. The Hall–Kier alpha value is -2.07. The van der Waals surface area contributed by atoms with Crippen LogP contribution in [0.4, 0.5) is 5.00 Å². The van der Waals surface area contributed by atoms with Gasteiger partial charge in [0.05, 0.1) is 10.8 Å². The Balaban J connectivity index is 2.07. The van der Waals surface area contributed by atoms with Crippen LogP contribution in [0.3, 0.4) is 0 Å². The summed E-state index contributed by atoms with van der Waals surface area (Å²) in [5, 5.41) is 11.1. The molecule has 2 heterocycles. The molecule has 8 nitrogen and oxygen atoms in total. The van der Waals surface area contributed by atoms with E-state index in [2.05, 4.69) is 15.5 Å². The van der Waals surface area contributed by atoms with Crippen molar-refractivity contribution in [2.75, 3.05) is 5.32 Å². The van der Waals surface area contributed by atoms with Crippen LogP contribution >= 0.6 is 23.1 Å². The van der Waals surface area contributed by atoms with Crippen LogP contribution in [0, 0.1) is 0 Å². The van der Waals surface area contributed by atoms with Crippen LogP contribution in [0.5, 0.6) is 0 Å². The third-order valence-corrected chi connectivity index (χ3v) is 4.91. The first-order chi connectivity index (χ1) is 10.9. The predicted molar refractivity (Wildman–Crippen MR) is 89.9 cm³/mol. The number of amides is 2. The molecule has 10 heteroatoms. The van der Waals surface area contributed by atoms with E-state index in [1.807, 2.05) is 6.92 Å². The molecule has 0 aliphatic heterocycles. The second-order valence-corrected chi connectivity index (χ2v) is 6.96. The quantitative estimate of drug-likeness (QED) is 0.645. The van der Waals surface area contributed by atoms with E-state index in [9.17, 15) is 14.4 Å². The van der Waals surface area contributed by atoms with Gasteiger partial charge in [-0.1, -0.05) is 18.7 Å². The first-order valence-corrected chi connectivity index (χ1v) is 8.70. The minimum Gasteiger partial charge on any atom is -0.366 e. The van der Waals surface area contributed by atoms with Crippen LogP contribution in [0.1, 0.15) is 30.6 Å². The number of primary amides is 1. The molecule has 2 aromatic rings. The summed E-state index contributed by atoms with van der Waals surface area (Å²) in [6.45, 7) is 4.18. The van der Waals surface area contributed by atoms with E-state index in [1.165, 1.54) is 27.7 Å². The van der Waals surface area contributed by atoms with Gasteiger partial charge in [0.1, 0.15) is 5.00 Å². The highest BCUT2D eigenvalue weighted by Gasteiger charge is 2.21. The van der Waals surface area contributed by atoms with Crippen LogP contribution in [0.15, 0.2) is 21.4 Å². The Morgan fingerprint density at radius 2 is 2.30 bits per heavy atom. The molecule has 2 aromatic heterocycles. The average molecular weight is 355 g/mol. The van der Waals surface area contributed by atoms with Crippen molar-refractivity contribution in [3.05, 3.63) is 27.5 Å². The molecule has 2 rings (SSSR count). The van der Waals surface area contributed by atoms with Crippen LogP contribution < -0.4 is 16.7 Å². The lowest BCUT2D eigenvalue weighted by Gasteiger charge is -2.11. The molecule has 0 aliphatic rings. The minimum absolute atomic E-state index is 0.281. The normalized spacial score (nSPS) is 12.1. The maximum atomic E-state index is 12.3. The maximum Gasteiger partial charge on any atom is 0.343 e. The summed E-state index contributed by atoms with van der Waals surface area (Å²) in [5.74, 6) is -0.885. The number of carbonyl (C=O) groups excluding carboxylic acids is 2. The second-order valence-electron chi connectivity index (χ2n) is 4.74. The van der Waals surface area contributed by atoms with Gasteiger partial charge in [0.2, 0.25) is 5.91 Å². The molecule has 0 saturated heterocycles. The van der Waals surface area contributed by atoms with Gasteiger partial charge in [-0.15, -0.1) is 16.4 Å². The number of hydrogen-bond acceptors (Lipinski definition) is 6. The lowest BCUT2D eigenvalue weighted by Crippen LogP contribution is -2.25. The van der Waals surface area contributed by atoms with Gasteiger partial charge in [0.15, 0.2) is 5.16 Å². The highest BCUT2D eigenvalue weighted by molar-refractivity contribution is 8.00. The summed E-state index contributed by atoms with van der Waals surface area (Å²) < 4.78 is 1.49. The standard InChI is InChI=1S/C13H17N5O3S2/c1-3-5-18-12(21)16-17-13(18)23-7(2)10(20)15-11-8(9(14)19)4-6-22-11/h4,6-7H,3,5H2,1-2H3,(H2,14,19)(H,15,20)(H,16,21). The molecule has 0 aromatic carbocycles. The molecule has 0 aliphatic carbocycles. The van der Waals surface area contributed by atoms with Crippen molar-refractivity contribution in [1.82, 2.24) is 14.8 Å². The molecule has 124 valence electrons. The fourth-order valence-corrected chi connectivity index (χ4v) is 3.52. The number of hydrogen-bond donors (Lipinski definition) is 3. The maximum absolute atomic E-state index is 12.3. The Bertz CT molecular complexity index is 764. The van der Waals surface area contributed by atoms with Crippen LogP contribution in [0.2, 0.25) is 0 Å². The van der Waals surface area contributed by atoms with Crippen LogP contribution in [0.25, 0.3) is 0 Å². The lowest BCUT2D eigenvalue weighted by atomic mass is 10.3. The fraction of sp³-hybridized carbons (Fsp3) is 0.385. The number of aromatic nitrogens is 3. The first kappa shape index (κ1) is 17.3. The van der Waals surface area contributed by atoms with E-state index in [-0.39, 0.29) is 17.2 Å². The molecule has 23 heavy (non-hydrogen) atoms. The van der Waals surface area contributed by atoms with Gasteiger partial charge in [-0.3, -0.25) is 14.2 Å². The smallest absolute Gasteiger partial charge is 0.343 e. The second kappa shape index (κ2) is 7.47. The number of aromatic amines is 1. The number of carbonyl (C=O) groups is 2. The van der Waals surface area contributed by atoms with E-state index in [4.69, 9.17) is 5.73 Å². The van der Waals surface area contributed by atoms with Gasteiger partial charge < -0.3 is 11.1 Å². The third-order valence-electron chi connectivity index (χ3n) is 2.99. The van der Waals surface area contributed by atoms with E-state index in [0.717, 1.165) is 6.42 Å². The number of anilines is 1. The summed E-state index contributed by atoms with van der Waals surface area (Å²) in [5.41, 5.74) is 5.23. The molecule has 0 spiro atoms. The highest BCUT2D eigenvalue weighted by Crippen LogP contribution is 2.25. The van der Waals surface area contributed by atoms with Gasteiger partial charge in [-0.2, -0.15) is 0 Å². The summed E-state index contributed by atoms with van der Waals surface area (Å²) in [7, 11) is 0. The molecule has 0 saturated carbocycles. The van der Waals surface area contributed by atoms with E-state index in [1.54, 1.807) is 18.4 Å². The van der Waals surface area contributed by atoms with E-state index < -0.39 is 11.2 Å². The summed E-state index contributed by atoms with van der Waals surface area (Å²) in [6.07, 6.45) is 0.782. The third kappa shape index (κ3) is 4.02. The molecule has 0 fully saturated rings. The number of nitrogens with two attached hydrogens (primary N) is 1. The van der Waals surface area contributed by atoms with Gasteiger partial charge in [0, 0.05) is 6.54 Å². The molecular formula is C13H17N5O3S2. The van der Waals surface area contributed by atoms with Crippen LogP contribution in [-0.4, -0.2) is 31.8 Å². The van der Waals surface area contributed by atoms with Crippen molar-refractivity contribution in [2.45, 2.75) is 37.2 Å². The summed E-state index contributed by atoms with van der Waals surface area (Å²) >= 11 is 2.40. The fourth-order valence-electron chi connectivity index (χ4n) is 1.84. The summed E-state index contributed by atoms with van der Waals surface area (Å²) in [4.78, 5) is 35.2. The Labute approximate surface area is 140 Å². The van der Waals surface area contributed by atoms with Crippen molar-refractivity contribution < 1.29 is 9.59 Å².